The zero-order chi connectivity index (χ0) is 30.7. The molecule has 1 saturated heterocycles. The number of hydrogen-bond donors (Lipinski definition) is 1. The molecule has 1 fully saturated rings. The second-order valence-electron chi connectivity index (χ2n) is 11.3. The number of ether oxygens (including phenoxy) is 1. The van der Waals surface area contributed by atoms with E-state index in [9.17, 15) is 18.8 Å². The van der Waals surface area contributed by atoms with Gasteiger partial charge >= 0.3 is 12.1 Å². The first-order valence-corrected chi connectivity index (χ1v) is 14.8. The Morgan fingerprint density at radius 2 is 1.70 bits per heavy atom. The van der Waals surface area contributed by atoms with Gasteiger partial charge in [-0.15, -0.1) is 0 Å². The average molecular weight is 605 g/mol. The Labute approximate surface area is 253 Å². The molecule has 43 heavy (non-hydrogen) atoms. The van der Waals surface area contributed by atoms with Crippen LogP contribution in [0.25, 0.3) is 21.3 Å². The average Bonchev–Trinajstić information content (AvgIpc) is 3.36. The minimum atomic E-state index is -0.647. The van der Waals surface area contributed by atoms with Gasteiger partial charge < -0.3 is 19.8 Å². The number of fused-ring (bicyclic) bond motifs is 1. The van der Waals surface area contributed by atoms with Crippen LogP contribution in [0.15, 0.2) is 66.7 Å². The van der Waals surface area contributed by atoms with Crippen LogP contribution in [-0.2, 0) is 14.4 Å². The van der Waals surface area contributed by atoms with Crippen molar-refractivity contribution in [3.63, 3.8) is 0 Å². The zero-order valence-corrected chi connectivity index (χ0v) is 25.2. The molecule has 0 bridgehead atoms. The van der Waals surface area contributed by atoms with Crippen molar-refractivity contribution in [2.24, 2.45) is 0 Å². The van der Waals surface area contributed by atoms with Crippen molar-refractivity contribution >= 4 is 50.3 Å². The van der Waals surface area contributed by atoms with Crippen molar-refractivity contribution in [2.45, 2.75) is 52.2 Å². The van der Waals surface area contributed by atoms with Crippen LogP contribution in [0.2, 0.25) is 0 Å². The predicted molar refractivity (Wildman–Crippen MR) is 164 cm³/mol. The Hall–Kier alpha value is -4.51. The summed E-state index contributed by atoms with van der Waals surface area (Å²) in [6.07, 6.45) is 0.745. The summed E-state index contributed by atoms with van der Waals surface area (Å²) >= 11 is 1.38. The SMILES string of the molecule is CC(=O)ON(C(=O)c1ccc(-c2ccc(Nc3nc4ccc(F)cc4s3)cc2)cc1)C1CCCN(C(=O)OC(C)(C)C)C1. The van der Waals surface area contributed by atoms with Gasteiger partial charge in [0.15, 0.2) is 5.13 Å². The molecule has 5 rings (SSSR count). The fourth-order valence-electron chi connectivity index (χ4n) is 4.81. The number of rotatable bonds is 5. The highest BCUT2D eigenvalue weighted by Crippen LogP contribution is 2.30. The minimum absolute atomic E-state index is 0.195. The number of anilines is 2. The largest absolute Gasteiger partial charge is 0.444 e. The first-order valence-electron chi connectivity index (χ1n) is 14.0. The van der Waals surface area contributed by atoms with Crippen molar-refractivity contribution < 1.29 is 28.3 Å². The van der Waals surface area contributed by atoms with Crippen LogP contribution in [0.5, 0.6) is 0 Å². The standard InChI is InChI=1S/C32H33FN4O5S/c1-20(38)42-37(26-6-5-17-36(19-26)31(40)41-32(2,3)4)29(39)23-9-7-21(8-10-23)22-11-14-25(15-12-22)34-30-35-27-16-13-24(33)18-28(27)43-30/h7-16,18,26H,5-6,17,19H2,1-4H3,(H,34,35). The van der Waals surface area contributed by atoms with E-state index in [0.717, 1.165) is 32.1 Å². The molecule has 2 amide bonds. The van der Waals surface area contributed by atoms with Crippen molar-refractivity contribution in [1.29, 1.82) is 0 Å². The van der Waals surface area contributed by atoms with Crippen molar-refractivity contribution in [1.82, 2.24) is 14.9 Å². The van der Waals surface area contributed by atoms with Gasteiger partial charge in [-0.1, -0.05) is 35.6 Å². The summed E-state index contributed by atoms with van der Waals surface area (Å²) in [4.78, 5) is 49.5. The minimum Gasteiger partial charge on any atom is -0.444 e. The smallest absolute Gasteiger partial charge is 0.410 e. The number of piperidine rings is 1. The number of aromatic nitrogens is 1. The molecule has 0 radical (unpaired) electrons. The number of nitrogens with one attached hydrogen (secondary N) is 1. The van der Waals surface area contributed by atoms with Gasteiger partial charge in [-0.2, -0.15) is 5.06 Å². The summed E-state index contributed by atoms with van der Waals surface area (Å²) in [6, 6.07) is 18.8. The van der Waals surface area contributed by atoms with Crippen LogP contribution < -0.4 is 5.32 Å². The van der Waals surface area contributed by atoms with Crippen molar-refractivity contribution in [3.05, 3.63) is 78.1 Å². The molecule has 0 saturated carbocycles. The third-order valence-electron chi connectivity index (χ3n) is 6.76. The van der Waals surface area contributed by atoms with Crippen molar-refractivity contribution in [2.75, 3.05) is 18.4 Å². The molecule has 1 aromatic heterocycles. The number of nitrogens with zero attached hydrogens (tertiary/aromatic N) is 3. The van der Waals surface area contributed by atoms with E-state index in [-0.39, 0.29) is 12.4 Å². The van der Waals surface area contributed by atoms with Gasteiger partial charge in [0.1, 0.15) is 11.4 Å². The maximum Gasteiger partial charge on any atom is 0.410 e. The highest BCUT2D eigenvalue weighted by atomic mass is 32.1. The summed E-state index contributed by atoms with van der Waals surface area (Å²) in [6.45, 7) is 7.32. The van der Waals surface area contributed by atoms with Gasteiger partial charge in [0.25, 0.3) is 5.91 Å². The lowest BCUT2D eigenvalue weighted by molar-refractivity contribution is -0.186. The van der Waals surface area contributed by atoms with Gasteiger partial charge in [-0.05, 0) is 87.2 Å². The Kier molecular flexibility index (Phi) is 8.63. The molecule has 1 aliphatic heterocycles. The third-order valence-corrected chi connectivity index (χ3v) is 7.69. The number of hydrogen-bond acceptors (Lipinski definition) is 8. The fraction of sp³-hybridized carbons (Fsp3) is 0.312. The second kappa shape index (κ2) is 12.4. The number of thiazole rings is 1. The van der Waals surface area contributed by atoms with E-state index in [1.165, 1.54) is 30.4 Å². The Balaban J connectivity index is 1.26. The highest BCUT2D eigenvalue weighted by molar-refractivity contribution is 7.22. The van der Waals surface area contributed by atoms with Crippen LogP contribution in [-0.4, -0.2) is 57.6 Å². The maximum absolute atomic E-state index is 13.5. The van der Waals surface area contributed by atoms with Crippen LogP contribution in [0, 0.1) is 5.82 Å². The van der Waals surface area contributed by atoms with Crippen LogP contribution in [0.3, 0.4) is 0 Å². The third kappa shape index (κ3) is 7.47. The van der Waals surface area contributed by atoms with E-state index >= 15 is 0 Å². The van der Waals surface area contributed by atoms with E-state index in [4.69, 9.17) is 9.57 Å². The van der Waals surface area contributed by atoms with Crippen molar-refractivity contribution in [3.8, 4) is 11.1 Å². The Bertz CT molecular complexity index is 1630. The molecule has 1 unspecified atom stereocenters. The Morgan fingerprint density at radius 1 is 1.02 bits per heavy atom. The number of benzene rings is 3. The van der Waals surface area contributed by atoms with Crippen LogP contribution >= 0.6 is 11.3 Å². The van der Waals surface area contributed by atoms with Gasteiger partial charge in [0.2, 0.25) is 0 Å². The number of amides is 2. The molecule has 4 aromatic rings. The topological polar surface area (TPSA) is 101 Å². The lowest BCUT2D eigenvalue weighted by atomic mass is 10.0. The quantitative estimate of drug-likeness (QED) is 0.241. The summed E-state index contributed by atoms with van der Waals surface area (Å²) in [5.41, 5.74) is 3.10. The van der Waals surface area contributed by atoms with E-state index in [0.29, 0.717) is 30.1 Å². The Morgan fingerprint density at radius 3 is 2.35 bits per heavy atom. The van der Waals surface area contributed by atoms with Gasteiger partial charge in [0, 0.05) is 31.3 Å². The molecule has 11 heteroatoms. The molecule has 1 aliphatic rings. The monoisotopic (exact) mass is 604 g/mol. The predicted octanol–water partition coefficient (Wildman–Crippen LogP) is 7.17. The number of carbonyl (C=O) groups excluding carboxylic acids is 3. The molecule has 3 aromatic carbocycles. The van der Waals surface area contributed by atoms with E-state index < -0.39 is 29.6 Å². The fourth-order valence-corrected chi connectivity index (χ4v) is 5.72. The molecular weight excluding hydrogens is 571 g/mol. The van der Waals surface area contributed by atoms with Crippen LogP contribution in [0.4, 0.5) is 20.0 Å². The summed E-state index contributed by atoms with van der Waals surface area (Å²) in [5, 5.41) is 5.01. The number of hydroxylamine groups is 2. The number of likely N-dealkylation sites (tertiary alicyclic amines) is 1. The van der Waals surface area contributed by atoms with Gasteiger partial charge in [-0.25, -0.2) is 14.2 Å². The molecular formula is C32H33FN4O5S. The molecule has 1 N–H and O–H groups in total. The lowest BCUT2D eigenvalue weighted by Gasteiger charge is -2.38. The highest BCUT2D eigenvalue weighted by Gasteiger charge is 2.35. The van der Waals surface area contributed by atoms with Gasteiger partial charge in [-0.3, -0.25) is 9.59 Å². The molecule has 224 valence electrons. The number of carbonyl (C=O) groups is 3. The number of halogens is 1. The summed E-state index contributed by atoms with van der Waals surface area (Å²) in [5.74, 6) is -1.38. The molecule has 0 aliphatic carbocycles. The lowest BCUT2D eigenvalue weighted by Crippen LogP contribution is -2.52. The molecule has 9 nitrogen and oxygen atoms in total. The zero-order valence-electron chi connectivity index (χ0n) is 24.4. The van der Waals surface area contributed by atoms with Crippen LogP contribution in [0.1, 0.15) is 50.9 Å². The molecule has 1 atom stereocenters. The first-order chi connectivity index (χ1) is 20.4. The summed E-state index contributed by atoms with van der Waals surface area (Å²) < 4.78 is 19.8. The first kappa shape index (κ1) is 30.0. The summed E-state index contributed by atoms with van der Waals surface area (Å²) in [7, 11) is 0. The maximum atomic E-state index is 13.5. The van der Waals surface area contributed by atoms with Gasteiger partial charge in [0.05, 0.1) is 16.3 Å². The molecule has 2 heterocycles. The van der Waals surface area contributed by atoms with E-state index in [1.807, 2.05) is 36.4 Å². The molecule has 0 spiro atoms. The van der Waals surface area contributed by atoms with E-state index in [1.54, 1.807) is 43.9 Å². The normalized spacial score (nSPS) is 15.2. The van der Waals surface area contributed by atoms with E-state index in [2.05, 4.69) is 10.3 Å². The second-order valence-corrected chi connectivity index (χ2v) is 12.4.